The van der Waals surface area contributed by atoms with Crippen LogP contribution in [0.25, 0.3) is 0 Å². The van der Waals surface area contributed by atoms with E-state index in [1.807, 2.05) is 0 Å². The van der Waals surface area contributed by atoms with Crippen molar-refractivity contribution in [3.05, 3.63) is 0 Å². The average Bonchev–Trinajstić information content (AvgIpc) is 1.78. The van der Waals surface area contributed by atoms with Crippen molar-refractivity contribution < 1.29 is 30.9 Å². The molecule has 0 aliphatic heterocycles. The van der Waals surface area contributed by atoms with Crippen LogP contribution in [0.15, 0.2) is 0 Å². The third-order valence-electron chi connectivity index (χ3n) is 1.48. The summed E-state index contributed by atoms with van der Waals surface area (Å²) in [6.45, 7) is -0.647. The van der Waals surface area contributed by atoms with E-state index in [-0.39, 0.29) is 17.6 Å². The Balaban J connectivity index is 3.94. The van der Waals surface area contributed by atoms with Gasteiger partial charge < -0.3 is 14.4 Å². The zero-order chi connectivity index (χ0) is 11.4. The number of hydrogen-bond acceptors (Lipinski definition) is 5. The van der Waals surface area contributed by atoms with Crippen molar-refractivity contribution in [1.29, 1.82) is 0 Å². The van der Waals surface area contributed by atoms with E-state index in [0.717, 1.165) is 0 Å². The Morgan fingerprint density at radius 3 is 2.36 bits per heavy atom. The maximum Gasteiger partial charge on any atom is 0.437 e. The van der Waals surface area contributed by atoms with Gasteiger partial charge in [-0.25, -0.2) is 4.18 Å². The summed E-state index contributed by atoms with van der Waals surface area (Å²) in [5.74, 6) is -1.27. The minimum atomic E-state index is -4.95. The molecule has 0 spiro atoms. The molecule has 0 saturated heterocycles. The van der Waals surface area contributed by atoms with Gasteiger partial charge in [0.15, 0.2) is 0 Å². The molecule has 0 saturated carbocycles. The van der Waals surface area contributed by atoms with E-state index in [9.17, 15) is 22.2 Å². The van der Waals surface area contributed by atoms with Gasteiger partial charge in [0.1, 0.15) is 19.7 Å². The predicted molar refractivity (Wildman–Crippen MR) is 42.8 cm³/mol. The van der Waals surface area contributed by atoms with Gasteiger partial charge in [-0.1, -0.05) is 3.89 Å². The quantitative estimate of drug-likeness (QED) is 0.390. The predicted octanol–water partition coefficient (Wildman–Crippen LogP) is -1.96. The van der Waals surface area contributed by atoms with E-state index in [2.05, 4.69) is 4.18 Å². The second kappa shape index (κ2) is 4.67. The molecule has 0 atom stereocenters. The number of quaternary nitrogens is 1. The van der Waals surface area contributed by atoms with E-state index in [1.54, 1.807) is 0 Å². The Hall–Kier alpha value is -0.730. The van der Waals surface area contributed by atoms with Crippen LogP contribution in [0.5, 0.6) is 0 Å². The lowest BCUT2D eigenvalue weighted by atomic mass is 10.4. The van der Waals surface area contributed by atoms with Gasteiger partial charge >= 0.3 is 10.5 Å². The van der Waals surface area contributed by atoms with Crippen molar-refractivity contribution in [3.8, 4) is 0 Å². The number of hydrogen-bond donors (Lipinski definition) is 0. The minimum absolute atomic E-state index is 0.0438. The highest BCUT2D eigenvalue weighted by atomic mass is 32.3. The molecule has 0 heterocycles. The first-order chi connectivity index (χ1) is 6.12. The molecule has 0 radical (unpaired) electrons. The van der Waals surface area contributed by atoms with Gasteiger partial charge in [-0.2, -0.15) is 8.42 Å². The number of rotatable bonds is 6. The molecule has 14 heavy (non-hydrogen) atoms. The van der Waals surface area contributed by atoms with E-state index in [4.69, 9.17) is 0 Å². The molecule has 0 aromatic carbocycles. The highest BCUT2D eigenvalue weighted by Crippen LogP contribution is 1.99. The summed E-state index contributed by atoms with van der Waals surface area (Å²) >= 11 is 0. The topological polar surface area (TPSA) is 83.5 Å². The number of aliphatic carboxylic acids is 1. The summed E-state index contributed by atoms with van der Waals surface area (Å²) in [6, 6.07) is 0. The second-order valence-electron chi connectivity index (χ2n) is 3.40. The first kappa shape index (κ1) is 13.3. The number of carbonyl (C=O) groups is 1. The van der Waals surface area contributed by atoms with E-state index in [1.165, 1.54) is 14.1 Å². The zero-order valence-electron chi connectivity index (χ0n) is 7.90. The van der Waals surface area contributed by atoms with Crippen LogP contribution in [-0.4, -0.2) is 52.7 Å². The summed E-state index contributed by atoms with van der Waals surface area (Å²) in [5, 5.41) is 10.2. The van der Waals surface area contributed by atoms with Gasteiger partial charge in [0.05, 0.1) is 20.1 Å². The summed E-state index contributed by atoms with van der Waals surface area (Å²) in [6.07, 6.45) is 0. The highest BCUT2D eigenvalue weighted by molar-refractivity contribution is 7.81. The molecule has 6 nitrogen and oxygen atoms in total. The molecule has 8 heteroatoms. The summed E-state index contributed by atoms with van der Waals surface area (Å²) in [5.41, 5.74) is 0. The Morgan fingerprint density at radius 1 is 1.50 bits per heavy atom. The van der Waals surface area contributed by atoms with Crippen molar-refractivity contribution in [3.63, 3.8) is 0 Å². The van der Waals surface area contributed by atoms with Crippen LogP contribution in [-0.2, 0) is 19.5 Å². The second-order valence-corrected chi connectivity index (χ2v) is 4.43. The first-order valence-corrected chi connectivity index (χ1v) is 5.04. The normalized spacial score (nSPS) is 12.8. The SMILES string of the molecule is C[N+](C)(CCOS(=O)(=O)F)CC(=O)[O-]. The van der Waals surface area contributed by atoms with Gasteiger partial charge in [-0.3, -0.25) is 0 Å². The molecule has 0 aromatic rings. The summed E-state index contributed by atoms with van der Waals surface area (Å²) in [4.78, 5) is 10.2. The smallest absolute Gasteiger partial charge is 0.437 e. The third-order valence-corrected chi connectivity index (χ3v) is 1.93. The van der Waals surface area contributed by atoms with Crippen LogP contribution >= 0.6 is 0 Å². The first-order valence-electron chi connectivity index (χ1n) is 3.73. The molecule has 0 bridgehead atoms. The third kappa shape index (κ3) is 7.90. The Kier molecular flexibility index (Phi) is 4.43. The molecule has 0 aliphatic rings. The number of nitrogens with zero attached hydrogens (tertiary/aromatic N) is 1. The number of halogens is 1. The van der Waals surface area contributed by atoms with Crippen molar-refractivity contribution in [2.75, 3.05) is 33.8 Å². The van der Waals surface area contributed by atoms with Gasteiger partial charge in [0.25, 0.3) is 0 Å². The van der Waals surface area contributed by atoms with E-state index in [0.29, 0.717) is 0 Å². The lowest BCUT2D eigenvalue weighted by Crippen LogP contribution is -2.49. The molecule has 0 rings (SSSR count). The molecule has 84 valence electrons. The van der Waals surface area contributed by atoms with Crippen LogP contribution in [0.3, 0.4) is 0 Å². The fourth-order valence-corrected chi connectivity index (χ4v) is 1.09. The van der Waals surface area contributed by atoms with Gasteiger partial charge in [-0.15, -0.1) is 0 Å². The van der Waals surface area contributed by atoms with Crippen LogP contribution in [0.1, 0.15) is 0 Å². The summed E-state index contributed by atoms with van der Waals surface area (Å²) in [7, 11) is -1.88. The number of carbonyl (C=O) groups excluding carboxylic acids is 1. The molecule has 0 fully saturated rings. The number of carboxylic acid groups (broad SMARTS) is 1. The van der Waals surface area contributed by atoms with Crippen LogP contribution in [0.4, 0.5) is 3.89 Å². The van der Waals surface area contributed by atoms with E-state index >= 15 is 0 Å². The number of likely N-dealkylation sites (N-methyl/N-ethyl adjacent to an activating group) is 1. The van der Waals surface area contributed by atoms with Gasteiger partial charge in [-0.05, 0) is 0 Å². The van der Waals surface area contributed by atoms with Crippen molar-refractivity contribution in [1.82, 2.24) is 0 Å². The molecule has 0 amide bonds. The van der Waals surface area contributed by atoms with Gasteiger partial charge in [0, 0.05) is 0 Å². The standard InChI is InChI=1S/C6H12FNO5S/c1-8(2,5-6(9)10)3-4-13-14(7,11)12/h3-5H2,1-2H3. The van der Waals surface area contributed by atoms with Gasteiger partial charge in [0.2, 0.25) is 0 Å². The van der Waals surface area contributed by atoms with Crippen molar-refractivity contribution in [2.24, 2.45) is 0 Å². The van der Waals surface area contributed by atoms with Crippen molar-refractivity contribution in [2.45, 2.75) is 0 Å². The summed E-state index contributed by atoms with van der Waals surface area (Å²) < 4.78 is 35.5. The largest absolute Gasteiger partial charge is 0.544 e. The zero-order valence-corrected chi connectivity index (χ0v) is 8.71. The molecular formula is C6H12FNO5S. The maximum atomic E-state index is 11.8. The fraction of sp³-hybridized carbons (Fsp3) is 0.833. The van der Waals surface area contributed by atoms with Crippen LogP contribution < -0.4 is 5.11 Å². The molecule has 0 aliphatic carbocycles. The van der Waals surface area contributed by atoms with Crippen LogP contribution in [0.2, 0.25) is 0 Å². The Labute approximate surface area is 81.9 Å². The van der Waals surface area contributed by atoms with Crippen molar-refractivity contribution >= 4 is 16.5 Å². The molecule has 0 aromatic heterocycles. The Morgan fingerprint density at radius 2 is 2.00 bits per heavy atom. The van der Waals surface area contributed by atoms with Crippen LogP contribution in [0, 0.1) is 0 Å². The minimum Gasteiger partial charge on any atom is -0.544 e. The highest BCUT2D eigenvalue weighted by Gasteiger charge is 2.17. The molecule has 0 unspecified atom stereocenters. The average molecular weight is 229 g/mol. The number of carboxylic acids is 1. The maximum absolute atomic E-state index is 11.8. The Bertz CT molecular complexity index is 299. The lowest BCUT2D eigenvalue weighted by Gasteiger charge is -2.29. The van der Waals surface area contributed by atoms with E-state index < -0.39 is 23.1 Å². The fourth-order valence-electron chi connectivity index (χ4n) is 0.812. The molecular weight excluding hydrogens is 217 g/mol. The molecule has 0 N–H and O–H groups in total. The lowest BCUT2D eigenvalue weighted by molar-refractivity contribution is -0.884. The monoisotopic (exact) mass is 229 g/mol.